The number of hydrogen-bond donors (Lipinski definition) is 2. The lowest BCUT2D eigenvalue weighted by atomic mass is 10.1. The Kier molecular flexibility index (Phi) is 4.04. The van der Waals surface area contributed by atoms with Crippen LogP contribution in [0.4, 0.5) is 5.82 Å². The summed E-state index contributed by atoms with van der Waals surface area (Å²) in [4.78, 5) is 54.0. The predicted octanol–water partition coefficient (Wildman–Crippen LogP) is 1.06. The number of benzene rings is 2. The van der Waals surface area contributed by atoms with Gasteiger partial charge in [0, 0.05) is 6.07 Å². The highest BCUT2D eigenvalue weighted by Gasteiger charge is 2.31. The molecule has 31 heavy (non-hydrogen) atoms. The number of amides is 2. The average molecular weight is 413 g/mol. The number of aromatic nitrogens is 3. The maximum absolute atomic E-state index is 13.1. The Bertz CT molecular complexity index is 1520. The Morgan fingerprint density at radius 1 is 0.935 bits per heavy atom. The van der Waals surface area contributed by atoms with E-state index in [4.69, 9.17) is 5.73 Å². The molecule has 2 amide bonds. The molecule has 0 atom stereocenters. The number of imide groups is 1. The van der Waals surface area contributed by atoms with E-state index in [9.17, 15) is 19.2 Å². The lowest BCUT2D eigenvalue weighted by molar-refractivity contribution is 0.0880. The van der Waals surface area contributed by atoms with Crippen LogP contribution in [-0.2, 0) is 6.54 Å². The molecule has 2 aromatic heterocycles. The predicted molar refractivity (Wildman–Crippen MR) is 113 cm³/mol. The second-order valence-corrected chi connectivity index (χ2v) is 7.14. The highest BCUT2D eigenvalue weighted by Crippen LogP contribution is 2.23. The fourth-order valence-electron chi connectivity index (χ4n) is 3.72. The van der Waals surface area contributed by atoms with Crippen molar-refractivity contribution in [3.05, 3.63) is 98.3 Å². The summed E-state index contributed by atoms with van der Waals surface area (Å²) in [6.45, 7) is 0.343. The third-order valence-electron chi connectivity index (χ3n) is 5.21. The van der Waals surface area contributed by atoms with Crippen molar-refractivity contribution in [2.75, 3.05) is 5.73 Å². The average Bonchev–Trinajstić information content (AvgIpc) is 3.04. The van der Waals surface area contributed by atoms with Crippen LogP contribution >= 0.6 is 0 Å². The summed E-state index contributed by atoms with van der Waals surface area (Å²) < 4.78 is 2.58. The summed E-state index contributed by atoms with van der Waals surface area (Å²) in [5.74, 6) is -1.50. The number of nitrogens with zero attached hydrogens (tertiary/aromatic N) is 3. The van der Waals surface area contributed by atoms with Gasteiger partial charge in [-0.3, -0.25) is 33.6 Å². The molecule has 5 rings (SSSR count). The Hall–Kier alpha value is -4.53. The van der Waals surface area contributed by atoms with Crippen molar-refractivity contribution in [2.45, 2.75) is 6.54 Å². The zero-order valence-corrected chi connectivity index (χ0v) is 16.0. The van der Waals surface area contributed by atoms with Gasteiger partial charge in [-0.2, -0.15) is 0 Å². The maximum atomic E-state index is 13.1. The number of nitrogen functional groups attached to an aromatic ring is 1. The molecule has 0 saturated heterocycles. The van der Waals surface area contributed by atoms with E-state index in [-0.39, 0.29) is 22.5 Å². The number of carbonyl (C=O) groups is 2. The Balaban J connectivity index is 1.67. The van der Waals surface area contributed by atoms with E-state index in [0.717, 1.165) is 16.2 Å². The van der Waals surface area contributed by atoms with Gasteiger partial charge in [-0.15, -0.1) is 0 Å². The van der Waals surface area contributed by atoms with Gasteiger partial charge in [-0.05, 0) is 23.8 Å². The Labute approximate surface area is 174 Å². The van der Waals surface area contributed by atoms with Crippen LogP contribution in [0.25, 0.3) is 16.6 Å². The largest absolute Gasteiger partial charge is 0.384 e. The van der Waals surface area contributed by atoms with E-state index < -0.39 is 17.4 Å². The first-order chi connectivity index (χ1) is 14.9. The van der Waals surface area contributed by atoms with Gasteiger partial charge in [-0.1, -0.05) is 30.3 Å². The monoisotopic (exact) mass is 413 g/mol. The first-order valence-electron chi connectivity index (χ1n) is 9.39. The number of pyridine rings is 1. The van der Waals surface area contributed by atoms with Crippen molar-refractivity contribution in [1.82, 2.24) is 19.4 Å². The first kappa shape index (κ1) is 18.5. The molecule has 1 aliphatic rings. The van der Waals surface area contributed by atoms with E-state index in [2.05, 4.69) is 10.3 Å². The number of fused-ring (bicyclic) bond motifs is 2. The van der Waals surface area contributed by atoms with Crippen LogP contribution in [-0.4, -0.2) is 25.9 Å². The van der Waals surface area contributed by atoms with Crippen molar-refractivity contribution >= 4 is 28.5 Å². The number of rotatable bonds is 3. The molecule has 2 aromatic carbocycles. The van der Waals surface area contributed by atoms with Crippen molar-refractivity contribution < 1.29 is 9.59 Å². The molecule has 0 unspecified atom stereocenters. The van der Waals surface area contributed by atoms with Gasteiger partial charge in [0.2, 0.25) is 0 Å². The van der Waals surface area contributed by atoms with Crippen LogP contribution in [0.3, 0.4) is 0 Å². The number of hydrogen-bond acceptors (Lipinski definition) is 6. The molecular weight excluding hydrogens is 398 g/mol. The minimum absolute atomic E-state index is 0.0580. The van der Waals surface area contributed by atoms with E-state index in [1.807, 2.05) is 30.3 Å². The Morgan fingerprint density at radius 2 is 1.71 bits per heavy atom. The summed E-state index contributed by atoms with van der Waals surface area (Å²) in [6.07, 6.45) is 1.48. The summed E-state index contributed by atoms with van der Waals surface area (Å²) >= 11 is 0. The molecular formula is C22H15N5O4. The highest BCUT2D eigenvalue weighted by atomic mass is 16.2. The number of nitrogens with two attached hydrogens (primary N) is 1. The second-order valence-electron chi connectivity index (χ2n) is 7.14. The van der Waals surface area contributed by atoms with Gasteiger partial charge in [0.1, 0.15) is 5.82 Å². The van der Waals surface area contributed by atoms with Crippen LogP contribution in [0, 0.1) is 0 Å². The minimum atomic E-state index is -0.668. The van der Waals surface area contributed by atoms with Crippen LogP contribution in [0.5, 0.6) is 0 Å². The molecule has 4 aromatic rings. The second kappa shape index (κ2) is 6.77. The van der Waals surface area contributed by atoms with E-state index in [1.165, 1.54) is 17.0 Å². The van der Waals surface area contributed by atoms with Crippen molar-refractivity contribution in [2.24, 2.45) is 0 Å². The summed E-state index contributed by atoms with van der Waals surface area (Å²) in [5, 5.41) is 2.42. The molecule has 1 aliphatic heterocycles. The highest BCUT2D eigenvalue weighted by molar-refractivity contribution is 6.23. The lowest BCUT2D eigenvalue weighted by Crippen LogP contribution is -2.25. The lowest BCUT2D eigenvalue weighted by Gasteiger charge is -2.13. The molecule has 0 bridgehead atoms. The fraction of sp³-hybridized carbons (Fsp3) is 0.0455. The quantitative estimate of drug-likeness (QED) is 0.483. The van der Waals surface area contributed by atoms with Gasteiger partial charge in [0.15, 0.2) is 0 Å². The molecule has 3 N–H and O–H groups in total. The minimum Gasteiger partial charge on any atom is -0.384 e. The van der Waals surface area contributed by atoms with E-state index in [0.29, 0.717) is 23.1 Å². The standard InChI is InChI=1S/C22H15N5O4/c23-19-18-15(20(29)25-21(18)30)9-17(28)27(19)13-6-7-16-14(8-13)22(31)26(11-24-16)10-12-4-2-1-3-5-12/h1-9,11H,10,23H2,(H,25,29,30). The van der Waals surface area contributed by atoms with E-state index >= 15 is 0 Å². The molecule has 152 valence electrons. The summed E-state index contributed by atoms with van der Waals surface area (Å²) in [6, 6.07) is 15.2. The van der Waals surface area contributed by atoms with Crippen LogP contribution in [0.15, 0.2) is 70.5 Å². The smallest absolute Gasteiger partial charge is 0.262 e. The van der Waals surface area contributed by atoms with Gasteiger partial charge < -0.3 is 5.73 Å². The normalized spacial score (nSPS) is 12.8. The molecule has 0 fully saturated rings. The summed E-state index contributed by atoms with van der Waals surface area (Å²) in [7, 11) is 0. The SMILES string of the molecule is Nc1c2c(cc(=O)n1-c1ccc3ncn(Cc4ccccc4)c(=O)c3c1)C(=O)NC2=O. The molecule has 0 radical (unpaired) electrons. The summed E-state index contributed by atoms with van der Waals surface area (Å²) in [5.41, 5.74) is 6.79. The van der Waals surface area contributed by atoms with Crippen molar-refractivity contribution in [3.63, 3.8) is 0 Å². The molecule has 9 heteroatoms. The maximum Gasteiger partial charge on any atom is 0.262 e. The van der Waals surface area contributed by atoms with Crippen molar-refractivity contribution in [3.8, 4) is 5.69 Å². The van der Waals surface area contributed by atoms with Gasteiger partial charge in [-0.25, -0.2) is 4.98 Å². The van der Waals surface area contributed by atoms with Gasteiger partial charge in [0.05, 0.1) is 40.6 Å². The number of anilines is 1. The van der Waals surface area contributed by atoms with Crippen LogP contribution in [0.1, 0.15) is 26.3 Å². The topological polar surface area (TPSA) is 129 Å². The number of nitrogens with one attached hydrogen (secondary N) is 1. The van der Waals surface area contributed by atoms with Crippen LogP contribution in [0.2, 0.25) is 0 Å². The third-order valence-corrected chi connectivity index (χ3v) is 5.21. The zero-order chi connectivity index (χ0) is 21.7. The molecule has 9 nitrogen and oxygen atoms in total. The molecule has 3 heterocycles. The molecule has 0 saturated carbocycles. The first-order valence-corrected chi connectivity index (χ1v) is 9.39. The fourth-order valence-corrected chi connectivity index (χ4v) is 3.72. The van der Waals surface area contributed by atoms with E-state index in [1.54, 1.807) is 12.1 Å². The molecule has 0 aliphatic carbocycles. The van der Waals surface area contributed by atoms with Gasteiger partial charge in [0.25, 0.3) is 22.9 Å². The van der Waals surface area contributed by atoms with Crippen molar-refractivity contribution in [1.29, 1.82) is 0 Å². The van der Waals surface area contributed by atoms with Crippen LogP contribution < -0.4 is 22.2 Å². The Morgan fingerprint density at radius 3 is 2.48 bits per heavy atom. The number of carbonyl (C=O) groups excluding carboxylic acids is 2. The third kappa shape index (κ3) is 2.91. The van der Waals surface area contributed by atoms with Gasteiger partial charge >= 0.3 is 0 Å². The zero-order valence-electron chi connectivity index (χ0n) is 16.0. The molecule has 0 spiro atoms.